The largest absolute Gasteiger partial charge is 0.357 e. The average molecular weight is 378 g/mol. The molecular formula is C21H35N3OS. The van der Waals surface area contributed by atoms with E-state index < -0.39 is 0 Å². The zero-order chi connectivity index (χ0) is 18.3. The van der Waals surface area contributed by atoms with Crippen LogP contribution in [0, 0.1) is 23.7 Å². The minimum Gasteiger partial charge on any atom is -0.357 e. The highest BCUT2D eigenvalue weighted by Gasteiger charge is 2.51. The van der Waals surface area contributed by atoms with Crippen molar-refractivity contribution in [1.29, 1.82) is 0 Å². The molecule has 5 aliphatic rings. The molecule has 1 saturated heterocycles. The van der Waals surface area contributed by atoms with Crippen molar-refractivity contribution in [2.24, 2.45) is 23.7 Å². The van der Waals surface area contributed by atoms with Crippen LogP contribution in [-0.2, 0) is 4.79 Å². The third kappa shape index (κ3) is 3.48. The van der Waals surface area contributed by atoms with Gasteiger partial charge in [-0.3, -0.25) is 4.79 Å². The molecule has 5 fully saturated rings. The molecule has 26 heavy (non-hydrogen) atoms. The Labute approximate surface area is 164 Å². The van der Waals surface area contributed by atoms with E-state index in [1.807, 2.05) is 4.90 Å². The number of nitrogens with zero attached hydrogens (tertiary/aromatic N) is 2. The van der Waals surface area contributed by atoms with Crippen LogP contribution in [0.1, 0.15) is 65.2 Å². The molecule has 146 valence electrons. The van der Waals surface area contributed by atoms with Gasteiger partial charge in [-0.25, -0.2) is 0 Å². The lowest BCUT2D eigenvalue weighted by molar-refractivity contribution is -0.136. The second kappa shape index (κ2) is 7.29. The maximum absolute atomic E-state index is 12.8. The second-order valence-electron chi connectivity index (χ2n) is 9.42. The molecule has 5 heteroatoms. The molecule has 0 radical (unpaired) electrons. The van der Waals surface area contributed by atoms with Gasteiger partial charge in [0, 0.05) is 31.7 Å². The van der Waals surface area contributed by atoms with Crippen LogP contribution in [0.4, 0.5) is 0 Å². The van der Waals surface area contributed by atoms with Crippen LogP contribution in [0.5, 0.6) is 0 Å². The summed E-state index contributed by atoms with van der Waals surface area (Å²) in [4.78, 5) is 17.0. The number of nitrogens with one attached hydrogen (secondary N) is 1. The molecular weight excluding hydrogens is 342 g/mol. The van der Waals surface area contributed by atoms with Gasteiger partial charge in [-0.1, -0.05) is 0 Å². The number of hydrogen-bond acceptors (Lipinski definition) is 2. The topological polar surface area (TPSA) is 35.6 Å². The normalized spacial score (nSPS) is 38.3. The maximum Gasteiger partial charge on any atom is 0.227 e. The van der Waals surface area contributed by atoms with E-state index in [1.165, 1.54) is 38.5 Å². The Hall–Kier alpha value is -0.840. The Morgan fingerprint density at radius 1 is 1.12 bits per heavy atom. The number of amides is 1. The summed E-state index contributed by atoms with van der Waals surface area (Å²) in [6, 6.07) is 0. The van der Waals surface area contributed by atoms with Gasteiger partial charge in [0.2, 0.25) is 5.91 Å². The average Bonchev–Trinajstić information content (AvgIpc) is 2.61. The number of piperidine rings is 1. The van der Waals surface area contributed by atoms with Crippen molar-refractivity contribution in [2.45, 2.75) is 70.8 Å². The lowest BCUT2D eigenvalue weighted by Gasteiger charge is -2.57. The molecule has 1 N–H and O–H groups in total. The zero-order valence-corrected chi connectivity index (χ0v) is 17.3. The number of thiocarbonyl (C=S) groups is 1. The Balaban J connectivity index is 1.38. The summed E-state index contributed by atoms with van der Waals surface area (Å²) < 4.78 is 0. The summed E-state index contributed by atoms with van der Waals surface area (Å²) >= 11 is 5.86. The van der Waals surface area contributed by atoms with Gasteiger partial charge in [0.1, 0.15) is 0 Å². The first-order chi connectivity index (χ1) is 12.5. The van der Waals surface area contributed by atoms with Crippen molar-refractivity contribution in [3.63, 3.8) is 0 Å². The van der Waals surface area contributed by atoms with Gasteiger partial charge in [0.25, 0.3) is 0 Å². The predicted octanol–water partition coefficient (Wildman–Crippen LogP) is 3.41. The summed E-state index contributed by atoms with van der Waals surface area (Å²) in [5.41, 5.74) is 0.266. The summed E-state index contributed by atoms with van der Waals surface area (Å²) in [7, 11) is 0. The monoisotopic (exact) mass is 377 g/mol. The molecule has 1 heterocycles. The molecule has 4 nitrogen and oxygen atoms in total. The fourth-order valence-corrected chi connectivity index (χ4v) is 7.11. The molecule has 1 aliphatic heterocycles. The van der Waals surface area contributed by atoms with E-state index in [2.05, 4.69) is 24.1 Å². The zero-order valence-electron chi connectivity index (χ0n) is 16.5. The van der Waals surface area contributed by atoms with Crippen molar-refractivity contribution in [2.75, 3.05) is 26.2 Å². The molecule has 4 bridgehead atoms. The second-order valence-corrected chi connectivity index (χ2v) is 9.81. The van der Waals surface area contributed by atoms with Crippen LogP contribution in [0.3, 0.4) is 0 Å². The standard InChI is InChI=1S/C21H35N3OS/c1-3-23(4-2)19(25)18-6-5-7-24(14-18)20(26)22-21-11-15-8-16(12-21)10-17(9-15)13-21/h15-18H,3-14H2,1-2H3,(H,22,26). The first kappa shape index (κ1) is 18.5. The number of likely N-dealkylation sites (tertiary alicyclic amines) is 1. The van der Waals surface area contributed by atoms with Gasteiger partial charge >= 0.3 is 0 Å². The van der Waals surface area contributed by atoms with Gasteiger partial charge in [-0.2, -0.15) is 0 Å². The van der Waals surface area contributed by atoms with E-state index in [9.17, 15) is 4.79 Å². The van der Waals surface area contributed by atoms with E-state index in [0.717, 1.165) is 61.9 Å². The van der Waals surface area contributed by atoms with Crippen molar-refractivity contribution in [1.82, 2.24) is 15.1 Å². The lowest BCUT2D eigenvalue weighted by atomic mass is 9.53. The molecule has 1 atom stereocenters. The number of carbonyl (C=O) groups excluding carboxylic acids is 1. The molecule has 4 saturated carbocycles. The highest BCUT2D eigenvalue weighted by molar-refractivity contribution is 7.80. The van der Waals surface area contributed by atoms with Crippen LogP contribution < -0.4 is 5.32 Å². The molecule has 5 rings (SSSR count). The fraction of sp³-hybridized carbons (Fsp3) is 0.905. The van der Waals surface area contributed by atoms with E-state index in [-0.39, 0.29) is 11.5 Å². The summed E-state index contributed by atoms with van der Waals surface area (Å²) in [5.74, 6) is 3.21. The minimum absolute atomic E-state index is 0.111. The fourth-order valence-electron chi connectivity index (χ4n) is 6.73. The first-order valence-electron chi connectivity index (χ1n) is 10.9. The van der Waals surface area contributed by atoms with Crippen molar-refractivity contribution in [3.8, 4) is 0 Å². The molecule has 0 aromatic rings. The molecule has 4 aliphatic carbocycles. The Bertz CT molecular complexity index is 524. The molecule has 1 amide bonds. The van der Waals surface area contributed by atoms with Gasteiger partial charge in [0.05, 0.1) is 5.92 Å². The highest BCUT2D eigenvalue weighted by atomic mass is 32.1. The van der Waals surface area contributed by atoms with Gasteiger partial charge in [-0.15, -0.1) is 0 Å². The van der Waals surface area contributed by atoms with Crippen LogP contribution in [0.2, 0.25) is 0 Å². The third-order valence-corrected chi connectivity index (χ3v) is 7.90. The van der Waals surface area contributed by atoms with Gasteiger partial charge in [0.15, 0.2) is 5.11 Å². The van der Waals surface area contributed by atoms with Crippen LogP contribution in [-0.4, -0.2) is 52.5 Å². The van der Waals surface area contributed by atoms with E-state index in [0.29, 0.717) is 5.91 Å². The van der Waals surface area contributed by atoms with Crippen molar-refractivity contribution >= 4 is 23.2 Å². The lowest BCUT2D eigenvalue weighted by Crippen LogP contribution is -2.62. The van der Waals surface area contributed by atoms with Crippen LogP contribution in [0.25, 0.3) is 0 Å². The van der Waals surface area contributed by atoms with E-state index in [1.54, 1.807) is 0 Å². The van der Waals surface area contributed by atoms with Crippen LogP contribution in [0.15, 0.2) is 0 Å². The number of hydrogen-bond donors (Lipinski definition) is 1. The third-order valence-electron chi connectivity index (χ3n) is 7.54. The maximum atomic E-state index is 12.8. The molecule has 0 spiro atoms. The van der Waals surface area contributed by atoms with Gasteiger partial charge in [-0.05, 0) is 95.2 Å². The minimum atomic E-state index is 0.111. The first-order valence-corrected chi connectivity index (χ1v) is 11.3. The Morgan fingerprint density at radius 3 is 2.23 bits per heavy atom. The Kier molecular flexibility index (Phi) is 5.19. The number of rotatable bonds is 4. The molecule has 0 aromatic heterocycles. The predicted molar refractivity (Wildman–Crippen MR) is 109 cm³/mol. The Morgan fingerprint density at radius 2 is 1.69 bits per heavy atom. The van der Waals surface area contributed by atoms with E-state index >= 15 is 0 Å². The highest BCUT2D eigenvalue weighted by Crippen LogP contribution is 2.55. The van der Waals surface area contributed by atoms with Crippen LogP contribution >= 0.6 is 12.2 Å². The summed E-state index contributed by atoms with van der Waals surface area (Å²) in [6.07, 6.45) is 10.4. The van der Waals surface area contributed by atoms with E-state index in [4.69, 9.17) is 12.2 Å². The van der Waals surface area contributed by atoms with Crippen molar-refractivity contribution in [3.05, 3.63) is 0 Å². The molecule has 0 aromatic carbocycles. The summed E-state index contributed by atoms with van der Waals surface area (Å²) in [6.45, 7) is 7.56. The van der Waals surface area contributed by atoms with Crippen molar-refractivity contribution < 1.29 is 4.79 Å². The number of carbonyl (C=O) groups is 1. The smallest absolute Gasteiger partial charge is 0.227 e. The molecule has 1 unspecified atom stereocenters. The summed E-state index contributed by atoms with van der Waals surface area (Å²) in [5, 5.41) is 4.76. The van der Waals surface area contributed by atoms with Gasteiger partial charge < -0.3 is 15.1 Å². The quantitative estimate of drug-likeness (QED) is 0.762. The SMILES string of the molecule is CCN(CC)C(=O)C1CCCN(C(=S)NC23CC4CC(CC(C4)C2)C3)C1.